The summed E-state index contributed by atoms with van der Waals surface area (Å²) in [5, 5.41) is 6.49. The summed E-state index contributed by atoms with van der Waals surface area (Å²) in [6.45, 7) is 2.95. The Kier molecular flexibility index (Phi) is 3.87. The van der Waals surface area contributed by atoms with E-state index in [-0.39, 0.29) is 17.4 Å². The third-order valence-electron chi connectivity index (χ3n) is 5.04. The molecular weight excluding hydrogens is 308 g/mol. The SMILES string of the molecule is O=C1NC2(CCN(Cc3nccs3)CC2)CC1c1cccnc1. The van der Waals surface area contributed by atoms with Crippen LogP contribution >= 0.6 is 11.3 Å². The molecule has 4 heterocycles. The first kappa shape index (κ1) is 14.8. The molecule has 1 N–H and O–H groups in total. The maximum atomic E-state index is 12.4. The van der Waals surface area contributed by atoms with Crippen LogP contribution in [0.3, 0.4) is 0 Å². The molecule has 0 radical (unpaired) electrons. The summed E-state index contributed by atoms with van der Waals surface area (Å²) in [5.41, 5.74) is 1.00. The number of nitrogens with zero attached hydrogens (tertiary/aromatic N) is 3. The van der Waals surface area contributed by atoms with Gasteiger partial charge in [0.1, 0.15) is 5.01 Å². The van der Waals surface area contributed by atoms with Gasteiger partial charge in [-0.1, -0.05) is 6.07 Å². The molecule has 4 rings (SSSR count). The van der Waals surface area contributed by atoms with Gasteiger partial charge in [-0.15, -0.1) is 11.3 Å². The number of likely N-dealkylation sites (tertiary alicyclic amines) is 1. The molecule has 0 aliphatic carbocycles. The number of rotatable bonds is 3. The second-order valence-electron chi connectivity index (χ2n) is 6.51. The molecule has 2 aliphatic rings. The topological polar surface area (TPSA) is 58.1 Å². The van der Waals surface area contributed by atoms with Gasteiger partial charge in [0.15, 0.2) is 0 Å². The van der Waals surface area contributed by atoms with Gasteiger partial charge in [0, 0.05) is 42.6 Å². The van der Waals surface area contributed by atoms with E-state index in [0.29, 0.717) is 0 Å². The van der Waals surface area contributed by atoms with Gasteiger partial charge in [0.05, 0.1) is 12.5 Å². The molecule has 5 nitrogen and oxygen atoms in total. The summed E-state index contributed by atoms with van der Waals surface area (Å²) >= 11 is 1.71. The molecule has 2 aliphatic heterocycles. The lowest BCUT2D eigenvalue weighted by Gasteiger charge is -2.39. The molecule has 1 spiro atoms. The lowest BCUT2D eigenvalue weighted by molar-refractivity contribution is -0.121. The third-order valence-corrected chi connectivity index (χ3v) is 5.81. The van der Waals surface area contributed by atoms with Crippen molar-refractivity contribution < 1.29 is 4.79 Å². The Balaban J connectivity index is 1.40. The van der Waals surface area contributed by atoms with Gasteiger partial charge in [0.2, 0.25) is 5.91 Å². The second kappa shape index (κ2) is 6.02. The summed E-state index contributed by atoms with van der Waals surface area (Å²) in [4.78, 5) is 23.4. The van der Waals surface area contributed by atoms with Crippen LogP contribution < -0.4 is 5.32 Å². The van der Waals surface area contributed by atoms with Crippen LogP contribution in [0.4, 0.5) is 0 Å². The number of hydrogen-bond acceptors (Lipinski definition) is 5. The van der Waals surface area contributed by atoms with E-state index in [4.69, 9.17) is 0 Å². The minimum atomic E-state index is -0.0470. The van der Waals surface area contributed by atoms with Gasteiger partial charge in [-0.3, -0.25) is 14.7 Å². The zero-order valence-electron chi connectivity index (χ0n) is 12.9. The number of carbonyl (C=O) groups is 1. The van der Waals surface area contributed by atoms with Crippen molar-refractivity contribution in [2.45, 2.75) is 37.3 Å². The highest BCUT2D eigenvalue weighted by molar-refractivity contribution is 7.09. The first-order valence-corrected chi connectivity index (χ1v) is 8.95. The number of aromatic nitrogens is 2. The number of piperidine rings is 1. The van der Waals surface area contributed by atoms with Crippen molar-refractivity contribution in [2.24, 2.45) is 0 Å². The Morgan fingerprint density at radius 2 is 2.22 bits per heavy atom. The highest BCUT2D eigenvalue weighted by Crippen LogP contribution is 2.39. The van der Waals surface area contributed by atoms with Gasteiger partial charge < -0.3 is 5.32 Å². The molecule has 1 unspecified atom stereocenters. The molecule has 0 aromatic carbocycles. The lowest BCUT2D eigenvalue weighted by atomic mass is 9.82. The Labute approximate surface area is 139 Å². The summed E-state index contributed by atoms with van der Waals surface area (Å²) < 4.78 is 0. The van der Waals surface area contributed by atoms with Crippen LogP contribution in [0, 0.1) is 0 Å². The number of thiazole rings is 1. The van der Waals surface area contributed by atoms with Crippen molar-refractivity contribution in [1.29, 1.82) is 0 Å². The quantitative estimate of drug-likeness (QED) is 0.938. The number of pyridine rings is 1. The molecular formula is C17H20N4OS. The Hall–Kier alpha value is -1.79. The van der Waals surface area contributed by atoms with E-state index in [2.05, 4.69) is 20.2 Å². The van der Waals surface area contributed by atoms with Crippen molar-refractivity contribution in [1.82, 2.24) is 20.2 Å². The van der Waals surface area contributed by atoms with Crippen LogP contribution in [-0.2, 0) is 11.3 Å². The molecule has 0 saturated carbocycles. The molecule has 6 heteroatoms. The van der Waals surface area contributed by atoms with Crippen LogP contribution in [0.1, 0.15) is 35.8 Å². The molecule has 0 bridgehead atoms. The summed E-state index contributed by atoms with van der Waals surface area (Å²) in [6, 6.07) is 3.91. The number of nitrogens with one attached hydrogen (secondary N) is 1. The first-order valence-electron chi connectivity index (χ1n) is 8.07. The predicted octanol–water partition coefficient (Wildman–Crippen LogP) is 2.18. The first-order chi connectivity index (χ1) is 11.2. The smallest absolute Gasteiger partial charge is 0.228 e. The fourth-order valence-electron chi connectivity index (χ4n) is 3.72. The molecule has 120 valence electrons. The zero-order chi connectivity index (χ0) is 15.7. The standard InChI is InChI=1S/C17H20N4OS/c22-16-14(13-2-1-5-18-11-13)10-17(20-16)3-7-21(8-4-17)12-15-19-6-9-23-15/h1-2,5-6,9,11,14H,3-4,7-8,10,12H2,(H,20,22). The lowest BCUT2D eigenvalue weighted by Crippen LogP contribution is -2.50. The highest BCUT2D eigenvalue weighted by Gasteiger charge is 2.46. The molecule has 23 heavy (non-hydrogen) atoms. The molecule has 1 amide bonds. The minimum Gasteiger partial charge on any atom is -0.350 e. The van der Waals surface area contributed by atoms with E-state index in [1.807, 2.05) is 29.9 Å². The Morgan fingerprint density at radius 3 is 2.91 bits per heavy atom. The van der Waals surface area contributed by atoms with E-state index >= 15 is 0 Å². The maximum absolute atomic E-state index is 12.4. The minimum absolute atomic E-state index is 0.0308. The van der Waals surface area contributed by atoms with E-state index in [9.17, 15) is 4.79 Å². The molecule has 2 fully saturated rings. The van der Waals surface area contributed by atoms with Gasteiger partial charge >= 0.3 is 0 Å². The highest BCUT2D eigenvalue weighted by atomic mass is 32.1. The van der Waals surface area contributed by atoms with Crippen molar-refractivity contribution in [2.75, 3.05) is 13.1 Å². The third kappa shape index (κ3) is 3.01. The number of hydrogen-bond donors (Lipinski definition) is 1. The molecule has 2 aromatic rings. The monoisotopic (exact) mass is 328 g/mol. The van der Waals surface area contributed by atoms with Crippen LogP contribution in [0.25, 0.3) is 0 Å². The van der Waals surface area contributed by atoms with Crippen molar-refractivity contribution in [3.05, 3.63) is 46.7 Å². The Morgan fingerprint density at radius 1 is 1.35 bits per heavy atom. The van der Waals surface area contributed by atoms with E-state index in [1.54, 1.807) is 17.5 Å². The van der Waals surface area contributed by atoms with Crippen LogP contribution in [0.2, 0.25) is 0 Å². The van der Waals surface area contributed by atoms with Crippen LogP contribution in [0.15, 0.2) is 36.1 Å². The average molecular weight is 328 g/mol. The average Bonchev–Trinajstić information content (AvgIpc) is 3.19. The normalized spacial score (nSPS) is 24.0. The van der Waals surface area contributed by atoms with Crippen LogP contribution in [-0.4, -0.2) is 39.4 Å². The van der Waals surface area contributed by atoms with Gasteiger partial charge in [0.25, 0.3) is 0 Å². The van der Waals surface area contributed by atoms with E-state index in [0.717, 1.165) is 44.5 Å². The largest absolute Gasteiger partial charge is 0.350 e. The molecule has 1 atom stereocenters. The fourth-order valence-corrected chi connectivity index (χ4v) is 4.38. The maximum Gasteiger partial charge on any atom is 0.228 e. The second-order valence-corrected chi connectivity index (χ2v) is 7.49. The summed E-state index contributed by atoms with van der Waals surface area (Å²) in [6.07, 6.45) is 8.36. The van der Waals surface area contributed by atoms with E-state index in [1.165, 1.54) is 5.01 Å². The predicted molar refractivity (Wildman–Crippen MR) is 89.1 cm³/mol. The summed E-state index contributed by atoms with van der Waals surface area (Å²) in [5.74, 6) is 0.112. The molecule has 2 aromatic heterocycles. The molecule has 2 saturated heterocycles. The van der Waals surface area contributed by atoms with Crippen molar-refractivity contribution >= 4 is 17.2 Å². The number of amides is 1. The Bertz CT molecular complexity index is 665. The summed E-state index contributed by atoms with van der Waals surface area (Å²) in [7, 11) is 0. The van der Waals surface area contributed by atoms with E-state index < -0.39 is 0 Å². The fraction of sp³-hybridized carbons (Fsp3) is 0.471. The zero-order valence-corrected chi connectivity index (χ0v) is 13.8. The van der Waals surface area contributed by atoms with Crippen molar-refractivity contribution in [3.8, 4) is 0 Å². The van der Waals surface area contributed by atoms with Crippen LogP contribution in [0.5, 0.6) is 0 Å². The van der Waals surface area contributed by atoms with Gasteiger partial charge in [-0.2, -0.15) is 0 Å². The van der Waals surface area contributed by atoms with Crippen molar-refractivity contribution in [3.63, 3.8) is 0 Å². The van der Waals surface area contributed by atoms with Gasteiger partial charge in [-0.25, -0.2) is 4.98 Å². The van der Waals surface area contributed by atoms with Gasteiger partial charge in [-0.05, 0) is 30.9 Å². The number of carbonyl (C=O) groups excluding carboxylic acids is 1.